The second kappa shape index (κ2) is 2.42. The molecule has 0 N–H and O–H groups in total. The Labute approximate surface area is 66.7 Å². The first-order valence-electron chi connectivity index (χ1n) is 3.86. The fourth-order valence-corrected chi connectivity index (χ4v) is 1.41. The Balaban J connectivity index is 2.43. The van der Waals surface area contributed by atoms with Crippen molar-refractivity contribution in [1.82, 2.24) is 4.57 Å². The van der Waals surface area contributed by atoms with Crippen LogP contribution in [0.1, 0.15) is 12.1 Å². The first kappa shape index (κ1) is 6.47. The normalized spacial score (nSPS) is 15.5. The highest BCUT2D eigenvalue weighted by atomic mass is 14.9. The van der Waals surface area contributed by atoms with Gasteiger partial charge in [0.1, 0.15) is 0 Å². The first-order valence-corrected chi connectivity index (χ1v) is 3.86. The van der Waals surface area contributed by atoms with Crippen LogP contribution in [0.3, 0.4) is 0 Å². The van der Waals surface area contributed by atoms with Crippen LogP contribution in [0.25, 0.3) is 5.57 Å². The zero-order valence-electron chi connectivity index (χ0n) is 6.62. The van der Waals surface area contributed by atoms with Gasteiger partial charge < -0.3 is 4.57 Å². The summed E-state index contributed by atoms with van der Waals surface area (Å²) in [5.74, 6) is 0. The third-order valence-corrected chi connectivity index (χ3v) is 2.01. The molecule has 0 aromatic carbocycles. The van der Waals surface area contributed by atoms with E-state index in [1.807, 2.05) is 0 Å². The van der Waals surface area contributed by atoms with Crippen molar-refractivity contribution >= 4 is 5.57 Å². The highest BCUT2D eigenvalue weighted by Gasteiger charge is 2.02. The second-order valence-electron chi connectivity index (χ2n) is 2.80. The van der Waals surface area contributed by atoms with Crippen molar-refractivity contribution in [1.29, 1.82) is 0 Å². The summed E-state index contributed by atoms with van der Waals surface area (Å²) < 4.78 is 2.14. The summed E-state index contributed by atoms with van der Waals surface area (Å²) in [6.07, 6.45) is 9.76. The Morgan fingerprint density at radius 2 is 2.36 bits per heavy atom. The molecule has 0 saturated heterocycles. The van der Waals surface area contributed by atoms with E-state index < -0.39 is 0 Å². The molecule has 1 nitrogen and oxygen atoms in total. The van der Waals surface area contributed by atoms with Crippen LogP contribution in [-0.4, -0.2) is 4.57 Å². The van der Waals surface area contributed by atoms with Crippen molar-refractivity contribution in [3.8, 4) is 0 Å². The van der Waals surface area contributed by atoms with Gasteiger partial charge in [0.25, 0.3) is 0 Å². The Kier molecular flexibility index (Phi) is 1.42. The van der Waals surface area contributed by atoms with Crippen molar-refractivity contribution in [3.63, 3.8) is 0 Å². The summed E-state index contributed by atoms with van der Waals surface area (Å²) in [7, 11) is 2.07. The van der Waals surface area contributed by atoms with Gasteiger partial charge in [0, 0.05) is 18.9 Å². The third kappa shape index (κ3) is 1.03. The molecule has 0 radical (unpaired) electrons. The van der Waals surface area contributed by atoms with Crippen LogP contribution in [0.2, 0.25) is 0 Å². The van der Waals surface area contributed by atoms with E-state index in [2.05, 4.69) is 48.2 Å². The molecule has 1 aliphatic carbocycles. The summed E-state index contributed by atoms with van der Waals surface area (Å²) in [5, 5.41) is 0. The molecule has 1 aromatic heterocycles. The fourth-order valence-electron chi connectivity index (χ4n) is 1.41. The Morgan fingerprint density at radius 1 is 1.45 bits per heavy atom. The molecule has 11 heavy (non-hydrogen) atoms. The number of allylic oxidation sites excluding steroid dienone is 4. The molecule has 0 unspecified atom stereocenters. The molecule has 0 atom stereocenters. The molecule has 1 heterocycles. The summed E-state index contributed by atoms with van der Waals surface area (Å²) in [5.41, 5.74) is 2.65. The molecule has 0 spiro atoms. The molecule has 1 aliphatic rings. The summed E-state index contributed by atoms with van der Waals surface area (Å²) in [6.45, 7) is 0. The summed E-state index contributed by atoms with van der Waals surface area (Å²) in [6, 6.07) is 4.21. The predicted octanol–water partition coefficient (Wildman–Crippen LogP) is 2.37. The maximum absolute atomic E-state index is 2.25. The van der Waals surface area contributed by atoms with E-state index in [0.29, 0.717) is 0 Å². The molecule has 0 amide bonds. The highest BCUT2D eigenvalue weighted by Crippen LogP contribution is 2.20. The maximum atomic E-state index is 2.25. The first-order chi connectivity index (χ1) is 5.38. The molecule has 2 rings (SSSR count). The largest absolute Gasteiger partial charge is 0.351 e. The summed E-state index contributed by atoms with van der Waals surface area (Å²) >= 11 is 0. The maximum Gasteiger partial charge on any atom is 0.0474 e. The van der Waals surface area contributed by atoms with Gasteiger partial charge in [-0.2, -0.15) is 0 Å². The summed E-state index contributed by atoms with van der Waals surface area (Å²) in [4.78, 5) is 0. The van der Waals surface area contributed by atoms with Crippen molar-refractivity contribution in [2.24, 2.45) is 7.05 Å². The number of aromatic nitrogens is 1. The van der Waals surface area contributed by atoms with Crippen LogP contribution >= 0.6 is 0 Å². The van der Waals surface area contributed by atoms with Crippen LogP contribution in [0.5, 0.6) is 0 Å². The molecule has 0 saturated carbocycles. The smallest absolute Gasteiger partial charge is 0.0474 e. The van der Waals surface area contributed by atoms with Crippen molar-refractivity contribution in [3.05, 3.63) is 42.3 Å². The van der Waals surface area contributed by atoms with Gasteiger partial charge in [-0.15, -0.1) is 0 Å². The standard InChI is InChI=1S/C10H11N/c1-11-8-4-7-10(11)9-5-2-3-6-9/h2,4-8H,3H2,1H3. The zero-order chi connectivity index (χ0) is 7.68. The Bertz CT molecular complexity index is 315. The third-order valence-electron chi connectivity index (χ3n) is 2.01. The Morgan fingerprint density at radius 3 is 2.91 bits per heavy atom. The van der Waals surface area contributed by atoms with Gasteiger partial charge >= 0.3 is 0 Å². The molecule has 0 fully saturated rings. The SMILES string of the molecule is Cn1cccc1C1=CCC=C1. The van der Waals surface area contributed by atoms with Gasteiger partial charge in [-0.05, 0) is 24.1 Å². The lowest BCUT2D eigenvalue weighted by atomic mass is 10.2. The fraction of sp³-hybridized carbons (Fsp3) is 0.200. The van der Waals surface area contributed by atoms with E-state index in [1.165, 1.54) is 11.3 Å². The topological polar surface area (TPSA) is 4.93 Å². The minimum Gasteiger partial charge on any atom is -0.351 e. The van der Waals surface area contributed by atoms with E-state index in [9.17, 15) is 0 Å². The lowest BCUT2D eigenvalue weighted by molar-refractivity contribution is 0.911. The van der Waals surface area contributed by atoms with Crippen LogP contribution in [0.15, 0.2) is 36.6 Å². The van der Waals surface area contributed by atoms with E-state index in [-0.39, 0.29) is 0 Å². The highest BCUT2D eigenvalue weighted by molar-refractivity contribution is 5.74. The van der Waals surface area contributed by atoms with E-state index in [0.717, 1.165) is 6.42 Å². The van der Waals surface area contributed by atoms with Crippen LogP contribution in [-0.2, 0) is 7.05 Å². The molecular weight excluding hydrogens is 134 g/mol. The predicted molar refractivity (Wildman–Crippen MR) is 47.1 cm³/mol. The van der Waals surface area contributed by atoms with E-state index >= 15 is 0 Å². The quantitative estimate of drug-likeness (QED) is 0.571. The minimum atomic E-state index is 1.08. The second-order valence-corrected chi connectivity index (χ2v) is 2.80. The molecule has 0 bridgehead atoms. The zero-order valence-corrected chi connectivity index (χ0v) is 6.62. The Hall–Kier alpha value is -1.24. The van der Waals surface area contributed by atoms with Crippen LogP contribution in [0.4, 0.5) is 0 Å². The van der Waals surface area contributed by atoms with Gasteiger partial charge in [0.05, 0.1) is 0 Å². The number of nitrogens with zero attached hydrogens (tertiary/aromatic N) is 1. The lowest BCUT2D eigenvalue weighted by Crippen LogP contribution is -1.90. The van der Waals surface area contributed by atoms with Crippen molar-refractivity contribution < 1.29 is 0 Å². The van der Waals surface area contributed by atoms with Gasteiger partial charge in [0.15, 0.2) is 0 Å². The number of hydrogen-bond acceptors (Lipinski definition) is 0. The van der Waals surface area contributed by atoms with Gasteiger partial charge in [0.2, 0.25) is 0 Å². The number of rotatable bonds is 1. The minimum absolute atomic E-state index is 1.08. The molecular formula is C10H11N. The molecule has 56 valence electrons. The monoisotopic (exact) mass is 145 g/mol. The molecule has 1 heteroatoms. The number of aryl methyl sites for hydroxylation is 1. The van der Waals surface area contributed by atoms with Crippen LogP contribution < -0.4 is 0 Å². The molecule has 0 aliphatic heterocycles. The van der Waals surface area contributed by atoms with Crippen LogP contribution in [0, 0.1) is 0 Å². The number of hydrogen-bond donors (Lipinski definition) is 0. The van der Waals surface area contributed by atoms with Gasteiger partial charge in [-0.3, -0.25) is 0 Å². The average molecular weight is 145 g/mol. The lowest BCUT2D eigenvalue weighted by Gasteiger charge is -2.00. The van der Waals surface area contributed by atoms with Crippen molar-refractivity contribution in [2.45, 2.75) is 6.42 Å². The average Bonchev–Trinajstić information content (AvgIpc) is 2.55. The van der Waals surface area contributed by atoms with Gasteiger partial charge in [-0.25, -0.2) is 0 Å². The van der Waals surface area contributed by atoms with Gasteiger partial charge in [-0.1, -0.05) is 18.2 Å². The molecule has 1 aromatic rings. The van der Waals surface area contributed by atoms with Crippen molar-refractivity contribution in [2.75, 3.05) is 0 Å². The van der Waals surface area contributed by atoms with E-state index in [1.54, 1.807) is 0 Å². The van der Waals surface area contributed by atoms with E-state index in [4.69, 9.17) is 0 Å².